The van der Waals surface area contributed by atoms with Gasteiger partial charge in [-0.1, -0.05) is 0 Å². The van der Waals surface area contributed by atoms with Crippen molar-refractivity contribution in [2.45, 2.75) is 0 Å². The molecule has 0 aliphatic heterocycles. The molecule has 0 aliphatic carbocycles. The number of hydrogen-bond donors (Lipinski definition) is 1. The molecule has 1 rings (SSSR count). The van der Waals surface area contributed by atoms with Gasteiger partial charge >= 0.3 is 65.7 Å². The van der Waals surface area contributed by atoms with Crippen LogP contribution in [0.3, 0.4) is 0 Å². The van der Waals surface area contributed by atoms with Gasteiger partial charge in [-0.15, -0.1) is 0 Å². The molecule has 0 aromatic carbocycles. The Morgan fingerprint density at radius 1 is 1.80 bits per heavy atom. The van der Waals surface area contributed by atoms with Gasteiger partial charge < -0.3 is 13.8 Å². The Bertz CT molecular complexity index is 200. The molecule has 7 heteroatoms. The molecular weight excluding hydrogens is 184 g/mol. The monoisotopic (exact) mass is 189 g/mol. The summed E-state index contributed by atoms with van der Waals surface area (Å²) in [6, 6.07) is 0. The van der Waals surface area contributed by atoms with Crippen LogP contribution in [0.1, 0.15) is 0 Å². The Balaban J connectivity index is 0.000000810. The number of oxazole rings is 1. The van der Waals surface area contributed by atoms with E-state index in [0.717, 1.165) is 0 Å². The molecule has 1 N–H and O–H groups in total. The average molecular weight is 189 g/mol. The van der Waals surface area contributed by atoms with Crippen molar-refractivity contribution in [2.75, 3.05) is 0 Å². The van der Waals surface area contributed by atoms with Crippen LogP contribution in [0.15, 0.2) is 16.9 Å². The molecule has 1 atom stereocenters. The zero-order valence-corrected chi connectivity index (χ0v) is 5.27. The molecule has 1 aromatic rings. The molecule has 52 valence electrons. The predicted octanol–water partition coefficient (Wildman–Crippen LogP) is -0.213. The van der Waals surface area contributed by atoms with E-state index in [1.165, 1.54) is 12.5 Å². The van der Waals surface area contributed by atoms with Gasteiger partial charge in [0.2, 0.25) is 0 Å². The predicted molar refractivity (Wildman–Crippen MR) is 35.5 cm³/mol. The molecule has 1 unspecified atom stereocenters. The summed E-state index contributed by atoms with van der Waals surface area (Å²) < 4.78 is 18.6. The van der Waals surface area contributed by atoms with E-state index in [0.29, 0.717) is 0 Å². The van der Waals surface area contributed by atoms with Crippen molar-refractivity contribution in [1.29, 1.82) is 0 Å². The zero-order valence-electron chi connectivity index (χ0n) is 4.27. The van der Waals surface area contributed by atoms with Crippen molar-refractivity contribution < 1.29 is 18.4 Å². The van der Waals surface area contributed by atoms with Crippen LogP contribution in [0.25, 0.3) is 0 Å². The van der Waals surface area contributed by atoms with Gasteiger partial charge in [0.1, 0.15) is 6.26 Å². The SMILES string of the molecule is O=[PH](O)Oc1ncco1.[KH]. The van der Waals surface area contributed by atoms with Crippen LogP contribution in [-0.4, -0.2) is 61.3 Å². The second-order valence-corrected chi connectivity index (χ2v) is 1.90. The van der Waals surface area contributed by atoms with E-state index in [-0.39, 0.29) is 57.5 Å². The van der Waals surface area contributed by atoms with Crippen molar-refractivity contribution in [1.82, 2.24) is 4.98 Å². The van der Waals surface area contributed by atoms with Crippen molar-refractivity contribution >= 4 is 59.6 Å². The Kier molecular flexibility index (Phi) is 5.94. The third kappa shape index (κ3) is 3.87. The molecule has 0 aliphatic rings. The topological polar surface area (TPSA) is 72.6 Å². The Hall–Kier alpha value is 0.836. The molecule has 0 spiro atoms. The summed E-state index contributed by atoms with van der Waals surface area (Å²) >= 11 is 0. The summed E-state index contributed by atoms with van der Waals surface area (Å²) in [5, 5.41) is 0. The van der Waals surface area contributed by atoms with Gasteiger partial charge in [0.25, 0.3) is 0 Å². The van der Waals surface area contributed by atoms with Gasteiger partial charge in [-0.25, -0.2) is 4.57 Å². The van der Waals surface area contributed by atoms with Gasteiger partial charge in [-0.05, 0) is 0 Å². The van der Waals surface area contributed by atoms with E-state index in [1.807, 2.05) is 0 Å². The first-order valence-electron chi connectivity index (χ1n) is 2.09. The Morgan fingerprint density at radius 3 is 2.90 bits per heavy atom. The number of rotatable bonds is 2. The van der Waals surface area contributed by atoms with Gasteiger partial charge in [-0.3, -0.25) is 0 Å². The van der Waals surface area contributed by atoms with Crippen molar-refractivity contribution in [3.63, 3.8) is 0 Å². The number of nitrogens with zero attached hydrogens (tertiary/aromatic N) is 1. The van der Waals surface area contributed by atoms with E-state index in [9.17, 15) is 4.57 Å². The molecule has 5 nitrogen and oxygen atoms in total. The second kappa shape index (κ2) is 5.48. The molecule has 0 fully saturated rings. The fraction of sp³-hybridized carbons (Fsp3) is 0. The van der Waals surface area contributed by atoms with E-state index >= 15 is 0 Å². The first-order chi connectivity index (χ1) is 4.29. The van der Waals surface area contributed by atoms with E-state index in [2.05, 4.69) is 13.9 Å². The summed E-state index contributed by atoms with van der Waals surface area (Å²) in [6.45, 7) is 0. The van der Waals surface area contributed by atoms with Gasteiger partial charge in [0.15, 0.2) is 0 Å². The van der Waals surface area contributed by atoms with Crippen LogP contribution >= 0.6 is 8.25 Å². The number of aromatic nitrogens is 1. The molecule has 0 amide bonds. The summed E-state index contributed by atoms with van der Waals surface area (Å²) in [6.07, 6.45) is 2.39. The Morgan fingerprint density at radius 2 is 2.50 bits per heavy atom. The van der Waals surface area contributed by atoms with E-state index < -0.39 is 8.25 Å². The second-order valence-electron chi connectivity index (χ2n) is 1.17. The molecular formula is C3H5KNO4P. The standard InChI is InChI=1S/C3H4NO4P.K.H/c5-9(6)8-3-4-1-2-7-3;;/h1-2,9H,(H,5,6);;. The van der Waals surface area contributed by atoms with Crippen LogP contribution in [0.2, 0.25) is 0 Å². The van der Waals surface area contributed by atoms with Crippen molar-refractivity contribution in [3.8, 4) is 6.08 Å². The Labute approximate surface area is 100 Å². The van der Waals surface area contributed by atoms with Gasteiger partial charge in [-0.2, -0.15) is 4.98 Å². The normalized spacial score (nSPS) is 11.7. The fourth-order valence-corrected chi connectivity index (χ4v) is 0.586. The van der Waals surface area contributed by atoms with Crippen molar-refractivity contribution in [2.24, 2.45) is 0 Å². The molecule has 0 saturated carbocycles. The van der Waals surface area contributed by atoms with Crippen LogP contribution < -0.4 is 4.52 Å². The van der Waals surface area contributed by atoms with E-state index in [1.54, 1.807) is 0 Å². The maximum atomic E-state index is 9.93. The zero-order chi connectivity index (χ0) is 6.69. The van der Waals surface area contributed by atoms with E-state index in [4.69, 9.17) is 4.89 Å². The molecule has 0 bridgehead atoms. The fourth-order valence-electron chi connectivity index (χ4n) is 0.335. The summed E-state index contributed by atoms with van der Waals surface area (Å²) in [5.41, 5.74) is 0. The number of hydrogen-bond acceptors (Lipinski definition) is 4. The van der Waals surface area contributed by atoms with Crippen molar-refractivity contribution in [3.05, 3.63) is 12.5 Å². The molecule has 1 heterocycles. The molecule has 0 saturated heterocycles. The third-order valence-electron chi connectivity index (χ3n) is 0.584. The molecule has 1 aromatic heterocycles. The third-order valence-corrected chi connectivity index (χ3v) is 0.934. The van der Waals surface area contributed by atoms with Crippen LogP contribution in [0, 0.1) is 0 Å². The first kappa shape index (κ1) is 10.8. The maximum absolute atomic E-state index is 9.93. The average Bonchev–Trinajstić information content (AvgIpc) is 2.15. The van der Waals surface area contributed by atoms with Crippen LogP contribution in [-0.2, 0) is 4.57 Å². The molecule has 10 heavy (non-hydrogen) atoms. The van der Waals surface area contributed by atoms with Gasteiger partial charge in [0, 0.05) is 0 Å². The van der Waals surface area contributed by atoms with Gasteiger partial charge in [0.05, 0.1) is 6.20 Å². The minimum absolute atomic E-state index is 0. The minimum atomic E-state index is -2.96. The summed E-state index contributed by atoms with van der Waals surface area (Å²) in [5.74, 6) is 0. The first-order valence-corrected chi connectivity index (χ1v) is 3.35. The van der Waals surface area contributed by atoms with Crippen LogP contribution in [0.5, 0.6) is 6.08 Å². The molecule has 0 radical (unpaired) electrons. The quantitative estimate of drug-likeness (QED) is 0.514. The van der Waals surface area contributed by atoms with Crippen LogP contribution in [0.4, 0.5) is 0 Å². The summed E-state index contributed by atoms with van der Waals surface area (Å²) in [4.78, 5) is 11.6. The summed E-state index contributed by atoms with van der Waals surface area (Å²) in [7, 11) is -2.96.